The Balaban J connectivity index is 2.03. The van der Waals surface area contributed by atoms with Crippen molar-refractivity contribution in [3.63, 3.8) is 0 Å². The Kier molecular flexibility index (Phi) is 3.29. The Morgan fingerprint density at radius 1 is 0.778 bits per heavy atom. The van der Waals surface area contributed by atoms with Crippen LogP contribution in [0.25, 0.3) is 16.7 Å². The molecule has 0 aliphatic heterocycles. The molecule has 0 aromatic heterocycles. The molecule has 2 aliphatic carbocycles. The molecule has 0 bridgehead atoms. The van der Waals surface area contributed by atoms with Gasteiger partial charge in [-0.25, -0.2) is 0 Å². The maximum atomic E-state index is 6.66. The molecule has 0 unspecified atom stereocenters. The second-order valence-corrected chi connectivity index (χ2v) is 7.20. The van der Waals surface area contributed by atoms with E-state index < -0.39 is 5.41 Å². The molecule has 0 fully saturated rings. The van der Waals surface area contributed by atoms with Crippen LogP contribution in [0.2, 0.25) is 0 Å². The quantitative estimate of drug-likeness (QED) is 0.590. The van der Waals surface area contributed by atoms with Crippen molar-refractivity contribution < 1.29 is 0 Å². The van der Waals surface area contributed by atoms with Crippen molar-refractivity contribution in [2.75, 3.05) is 0 Å². The van der Waals surface area contributed by atoms with Crippen LogP contribution in [0, 0.1) is 0 Å². The highest BCUT2D eigenvalue weighted by Gasteiger charge is 2.53. The monoisotopic (exact) mass is 347 g/mol. The van der Waals surface area contributed by atoms with E-state index in [2.05, 4.69) is 79.4 Å². The summed E-state index contributed by atoms with van der Waals surface area (Å²) in [5.41, 5.74) is 16.8. The van der Waals surface area contributed by atoms with E-state index in [0.29, 0.717) is 0 Å². The van der Waals surface area contributed by atoms with Gasteiger partial charge in [-0.05, 0) is 52.0 Å². The standard InChI is InChI=1S/C26H21N/c1-3-10-24(27)25-17(2)18-11-4-7-14-21(18)26(25)22-15-8-5-12-19(22)20-13-6-9-16-23(20)26/h3-16H,2,27H2,1H3/b10-3-,25-24-. The van der Waals surface area contributed by atoms with Crippen molar-refractivity contribution in [2.45, 2.75) is 12.3 Å². The lowest BCUT2D eigenvalue weighted by Crippen LogP contribution is -2.28. The van der Waals surface area contributed by atoms with Crippen molar-refractivity contribution in [3.05, 3.63) is 125 Å². The molecule has 1 nitrogen and oxygen atoms in total. The summed E-state index contributed by atoms with van der Waals surface area (Å²) in [5, 5.41) is 0. The Hall–Kier alpha value is -3.32. The summed E-state index contributed by atoms with van der Waals surface area (Å²) in [6, 6.07) is 26.0. The fraction of sp³-hybridized carbons (Fsp3) is 0.0769. The summed E-state index contributed by atoms with van der Waals surface area (Å²) < 4.78 is 0. The van der Waals surface area contributed by atoms with E-state index in [-0.39, 0.29) is 0 Å². The van der Waals surface area contributed by atoms with Crippen LogP contribution in [0.15, 0.2) is 103 Å². The van der Waals surface area contributed by atoms with Crippen LogP contribution in [0.1, 0.15) is 29.2 Å². The number of allylic oxidation sites excluding steroid dienone is 4. The van der Waals surface area contributed by atoms with Gasteiger partial charge in [0.15, 0.2) is 0 Å². The molecule has 0 amide bonds. The number of nitrogens with two attached hydrogens (primary N) is 1. The van der Waals surface area contributed by atoms with Gasteiger partial charge in [-0.2, -0.15) is 0 Å². The summed E-state index contributed by atoms with van der Waals surface area (Å²) in [5.74, 6) is 0. The first-order chi connectivity index (χ1) is 13.2. The zero-order chi connectivity index (χ0) is 18.6. The van der Waals surface area contributed by atoms with Gasteiger partial charge in [0.1, 0.15) is 0 Å². The van der Waals surface area contributed by atoms with Crippen LogP contribution in [-0.2, 0) is 5.41 Å². The second-order valence-electron chi connectivity index (χ2n) is 7.20. The molecule has 1 heteroatoms. The van der Waals surface area contributed by atoms with Crippen LogP contribution < -0.4 is 5.73 Å². The molecule has 130 valence electrons. The van der Waals surface area contributed by atoms with Gasteiger partial charge in [-0.1, -0.05) is 85.5 Å². The first kappa shape index (κ1) is 15.9. The summed E-state index contributed by atoms with van der Waals surface area (Å²) >= 11 is 0. The molecule has 2 aliphatic rings. The molecule has 5 rings (SSSR count). The third kappa shape index (κ3) is 1.84. The molecule has 3 aromatic rings. The lowest BCUT2D eigenvalue weighted by molar-refractivity contribution is 0.786. The first-order valence-corrected chi connectivity index (χ1v) is 9.32. The minimum absolute atomic E-state index is 0.398. The van der Waals surface area contributed by atoms with Crippen molar-refractivity contribution in [1.29, 1.82) is 0 Å². The smallest absolute Gasteiger partial charge is 0.0745 e. The number of hydrogen-bond acceptors (Lipinski definition) is 1. The van der Waals surface area contributed by atoms with Crippen molar-refractivity contribution in [3.8, 4) is 11.1 Å². The fourth-order valence-corrected chi connectivity index (χ4v) is 5.02. The van der Waals surface area contributed by atoms with E-state index in [9.17, 15) is 0 Å². The van der Waals surface area contributed by atoms with Crippen LogP contribution in [0.4, 0.5) is 0 Å². The van der Waals surface area contributed by atoms with Crippen LogP contribution >= 0.6 is 0 Å². The number of hydrogen-bond donors (Lipinski definition) is 1. The minimum Gasteiger partial charge on any atom is -0.398 e. The third-order valence-electron chi connectivity index (χ3n) is 5.92. The molecule has 0 saturated carbocycles. The van der Waals surface area contributed by atoms with Gasteiger partial charge in [0, 0.05) is 11.3 Å². The lowest BCUT2D eigenvalue weighted by Gasteiger charge is -2.31. The van der Waals surface area contributed by atoms with E-state index in [1.165, 1.54) is 33.4 Å². The van der Waals surface area contributed by atoms with E-state index in [1.54, 1.807) is 0 Å². The molecule has 0 saturated heterocycles. The summed E-state index contributed by atoms with van der Waals surface area (Å²) in [6.07, 6.45) is 4.00. The van der Waals surface area contributed by atoms with Crippen LogP contribution in [0.3, 0.4) is 0 Å². The van der Waals surface area contributed by atoms with E-state index in [4.69, 9.17) is 5.73 Å². The van der Waals surface area contributed by atoms with Crippen LogP contribution in [-0.4, -0.2) is 0 Å². The molecule has 0 heterocycles. The Morgan fingerprint density at radius 2 is 1.22 bits per heavy atom. The highest BCUT2D eigenvalue weighted by molar-refractivity contribution is 5.99. The average Bonchev–Trinajstić information content (AvgIpc) is 3.15. The van der Waals surface area contributed by atoms with Gasteiger partial charge < -0.3 is 5.73 Å². The average molecular weight is 347 g/mol. The Morgan fingerprint density at radius 3 is 1.74 bits per heavy atom. The normalized spacial score (nSPS) is 17.9. The topological polar surface area (TPSA) is 26.0 Å². The molecule has 2 N–H and O–H groups in total. The third-order valence-corrected chi connectivity index (χ3v) is 5.92. The van der Waals surface area contributed by atoms with Gasteiger partial charge in [-0.3, -0.25) is 0 Å². The van der Waals surface area contributed by atoms with Gasteiger partial charge in [-0.15, -0.1) is 0 Å². The molecular weight excluding hydrogens is 326 g/mol. The van der Waals surface area contributed by atoms with Crippen molar-refractivity contribution >= 4 is 5.57 Å². The summed E-state index contributed by atoms with van der Waals surface area (Å²) in [4.78, 5) is 0. The molecular formula is C26H21N. The van der Waals surface area contributed by atoms with E-state index >= 15 is 0 Å². The molecule has 0 atom stereocenters. The Labute approximate surface area is 160 Å². The summed E-state index contributed by atoms with van der Waals surface area (Å²) in [6.45, 7) is 6.47. The van der Waals surface area contributed by atoms with Gasteiger partial charge in [0.05, 0.1) is 5.41 Å². The maximum absolute atomic E-state index is 6.66. The van der Waals surface area contributed by atoms with Crippen LogP contribution in [0.5, 0.6) is 0 Å². The SMILES string of the molecule is C=C1/C(=C(N)\C=C/C)C2(c3ccccc31)c1ccccc1-c1ccccc12. The first-order valence-electron chi connectivity index (χ1n) is 9.32. The highest BCUT2D eigenvalue weighted by atomic mass is 14.6. The van der Waals surface area contributed by atoms with E-state index in [1.807, 2.05) is 19.1 Å². The Bertz CT molecular complexity index is 1110. The van der Waals surface area contributed by atoms with Gasteiger partial charge in [0.2, 0.25) is 0 Å². The number of rotatable bonds is 1. The van der Waals surface area contributed by atoms with Crippen molar-refractivity contribution in [1.82, 2.24) is 0 Å². The fourth-order valence-electron chi connectivity index (χ4n) is 5.02. The predicted octanol–water partition coefficient (Wildman–Crippen LogP) is 5.82. The summed E-state index contributed by atoms with van der Waals surface area (Å²) in [7, 11) is 0. The molecule has 1 spiro atoms. The number of benzene rings is 3. The van der Waals surface area contributed by atoms with Gasteiger partial charge in [0.25, 0.3) is 0 Å². The lowest BCUT2D eigenvalue weighted by atomic mass is 9.70. The van der Waals surface area contributed by atoms with Crippen molar-refractivity contribution in [2.24, 2.45) is 5.73 Å². The minimum atomic E-state index is -0.398. The molecule has 3 aromatic carbocycles. The number of fused-ring (bicyclic) bond motifs is 7. The zero-order valence-corrected chi connectivity index (χ0v) is 15.4. The van der Waals surface area contributed by atoms with E-state index in [0.717, 1.165) is 16.8 Å². The van der Waals surface area contributed by atoms with Gasteiger partial charge >= 0.3 is 0 Å². The predicted molar refractivity (Wildman–Crippen MR) is 113 cm³/mol. The highest BCUT2D eigenvalue weighted by Crippen LogP contribution is 2.63. The second kappa shape index (κ2) is 5.59. The molecule has 0 radical (unpaired) electrons. The molecule has 27 heavy (non-hydrogen) atoms. The largest absolute Gasteiger partial charge is 0.398 e. The zero-order valence-electron chi connectivity index (χ0n) is 15.4. The maximum Gasteiger partial charge on any atom is 0.0745 e.